The first kappa shape index (κ1) is 17.5. The summed E-state index contributed by atoms with van der Waals surface area (Å²) in [7, 11) is 0. The Kier molecular flexibility index (Phi) is 9.12. The Hall–Kier alpha value is -0.538. The van der Waals surface area contributed by atoms with E-state index in [9.17, 15) is 4.79 Å². The summed E-state index contributed by atoms with van der Waals surface area (Å²) in [4.78, 5) is 11.2. The van der Waals surface area contributed by atoms with Crippen LogP contribution in [0.3, 0.4) is 0 Å². The lowest BCUT2D eigenvalue weighted by Gasteiger charge is -2.18. The van der Waals surface area contributed by atoms with Gasteiger partial charge in [0, 0.05) is 12.2 Å². The molecule has 0 N–H and O–H groups in total. The van der Waals surface area contributed by atoms with E-state index in [2.05, 4.69) is 0 Å². The summed E-state index contributed by atoms with van der Waals surface area (Å²) in [5.74, 6) is 0.0308. The van der Waals surface area contributed by atoms with Crippen LogP contribution in [0, 0.1) is 0 Å². The second-order valence-corrected chi connectivity index (χ2v) is 5.64. The fourth-order valence-corrected chi connectivity index (χ4v) is 2.50. The maximum absolute atomic E-state index is 11.2. The van der Waals surface area contributed by atoms with Crippen LogP contribution in [0.2, 0.25) is 0 Å². The normalized spacial score (nSPS) is 11.9. The van der Waals surface area contributed by atoms with Crippen molar-refractivity contribution in [3.8, 4) is 0 Å². The van der Waals surface area contributed by atoms with E-state index in [0.29, 0.717) is 12.4 Å². The average Bonchev–Trinajstić information content (AvgIpc) is 2.14. The lowest BCUT2D eigenvalue weighted by Crippen LogP contribution is -2.32. The van der Waals surface area contributed by atoms with Gasteiger partial charge in [-0.15, -0.1) is 0 Å². The maximum Gasteiger partial charge on any atom is 1.00 e. The SMILES string of the molecule is CCOC(=O)C=C(C)[O][Al]([O]C(C)C)[O]C(C)C. The van der Waals surface area contributed by atoms with Crippen molar-refractivity contribution in [2.45, 2.75) is 53.8 Å². The molecule has 0 unspecified atom stereocenters. The Morgan fingerprint density at radius 1 is 1.17 bits per heavy atom. The average molecular weight is 274 g/mol. The van der Waals surface area contributed by atoms with Gasteiger partial charge in [-0.25, -0.2) is 4.79 Å². The molecule has 0 radical (unpaired) electrons. The minimum absolute atomic E-state index is 0.0239. The highest BCUT2D eigenvalue weighted by molar-refractivity contribution is 6.36. The summed E-state index contributed by atoms with van der Waals surface area (Å²) in [5.41, 5.74) is 0. The van der Waals surface area contributed by atoms with Crippen molar-refractivity contribution in [1.82, 2.24) is 0 Å². The monoisotopic (exact) mass is 274 g/mol. The van der Waals surface area contributed by atoms with Gasteiger partial charge in [0.05, 0.1) is 18.4 Å². The summed E-state index contributed by atoms with van der Waals surface area (Å²) >= 11 is -2.26. The van der Waals surface area contributed by atoms with Crippen LogP contribution < -0.4 is 0 Å². The molecule has 0 fully saturated rings. The summed E-state index contributed by atoms with van der Waals surface area (Å²) in [6.45, 7) is 11.4. The summed E-state index contributed by atoms with van der Waals surface area (Å²) in [6, 6.07) is 0. The first-order valence-electron chi connectivity index (χ1n) is 6.17. The van der Waals surface area contributed by atoms with Gasteiger partial charge >= 0.3 is 21.1 Å². The first-order valence-corrected chi connectivity index (χ1v) is 7.59. The van der Waals surface area contributed by atoms with Gasteiger partial charge in [-0.05, 0) is 41.5 Å². The predicted molar refractivity (Wildman–Crippen MR) is 69.7 cm³/mol. The topological polar surface area (TPSA) is 54.0 Å². The molecular weight excluding hydrogens is 251 g/mol. The molecule has 0 aromatic heterocycles. The second-order valence-electron chi connectivity index (χ2n) is 4.28. The third kappa shape index (κ3) is 9.49. The van der Waals surface area contributed by atoms with Crippen molar-refractivity contribution in [2.24, 2.45) is 0 Å². The van der Waals surface area contributed by atoms with Crippen LogP contribution in [0.4, 0.5) is 0 Å². The number of hydrogen-bond acceptors (Lipinski definition) is 5. The van der Waals surface area contributed by atoms with E-state index in [-0.39, 0.29) is 12.2 Å². The van der Waals surface area contributed by atoms with Crippen molar-refractivity contribution in [2.75, 3.05) is 6.61 Å². The summed E-state index contributed by atoms with van der Waals surface area (Å²) in [5, 5.41) is 0. The van der Waals surface area contributed by atoms with E-state index in [1.165, 1.54) is 6.08 Å². The molecule has 0 saturated carbocycles. The number of allylic oxidation sites excluding steroid dienone is 1. The zero-order valence-corrected chi connectivity index (χ0v) is 13.2. The number of carbonyl (C=O) groups excluding carboxylic acids is 1. The molecule has 104 valence electrons. The molecule has 0 rings (SSSR count). The number of carbonyl (C=O) groups is 1. The van der Waals surface area contributed by atoms with Gasteiger partial charge in [-0.1, -0.05) is 0 Å². The Morgan fingerprint density at radius 3 is 2.06 bits per heavy atom. The molecule has 0 aliphatic carbocycles. The van der Waals surface area contributed by atoms with Gasteiger partial charge in [0.15, 0.2) is 0 Å². The zero-order valence-electron chi connectivity index (χ0n) is 12.1. The van der Waals surface area contributed by atoms with Crippen LogP contribution in [0.15, 0.2) is 11.8 Å². The standard InChI is InChI=1S/C6H10O3.2C3H7O.Al/c1-3-9-6(8)4-5(2)7;2*1-3(2)4;/h4,7H,3H2,1-2H3;2*3H,1-2H3;/q;2*-1;+3/p-1. The molecule has 0 heterocycles. The molecular formula is C12H23AlO5. The number of hydrogen-bond donors (Lipinski definition) is 0. The smallest absolute Gasteiger partial charge is 0.602 e. The Morgan fingerprint density at radius 2 is 1.67 bits per heavy atom. The highest BCUT2D eigenvalue weighted by Crippen LogP contribution is 2.07. The van der Waals surface area contributed by atoms with E-state index < -0.39 is 21.1 Å². The van der Waals surface area contributed by atoms with E-state index in [1.54, 1.807) is 13.8 Å². The van der Waals surface area contributed by atoms with Crippen molar-refractivity contribution in [3.05, 3.63) is 11.8 Å². The van der Waals surface area contributed by atoms with Crippen LogP contribution in [0.25, 0.3) is 0 Å². The third-order valence-electron chi connectivity index (χ3n) is 1.66. The molecule has 0 saturated heterocycles. The zero-order chi connectivity index (χ0) is 14.1. The third-order valence-corrected chi connectivity index (χ3v) is 3.75. The van der Waals surface area contributed by atoms with E-state index >= 15 is 0 Å². The largest absolute Gasteiger partial charge is 1.00 e. The highest BCUT2D eigenvalue weighted by atomic mass is 27.3. The Labute approximate surface area is 114 Å². The molecule has 18 heavy (non-hydrogen) atoms. The molecule has 0 aromatic rings. The van der Waals surface area contributed by atoms with Gasteiger partial charge in [0.1, 0.15) is 0 Å². The molecule has 0 aromatic carbocycles. The quantitative estimate of drug-likeness (QED) is 0.294. The van der Waals surface area contributed by atoms with Crippen molar-refractivity contribution >= 4 is 21.1 Å². The fraction of sp³-hybridized carbons (Fsp3) is 0.750. The molecule has 5 nitrogen and oxygen atoms in total. The van der Waals surface area contributed by atoms with E-state index in [1.807, 2.05) is 27.7 Å². The lowest BCUT2D eigenvalue weighted by molar-refractivity contribution is -0.137. The summed E-state index contributed by atoms with van der Waals surface area (Å²) < 4.78 is 21.5. The second kappa shape index (κ2) is 9.40. The molecule has 6 heteroatoms. The molecule has 0 spiro atoms. The number of rotatable bonds is 8. The molecule has 0 amide bonds. The minimum Gasteiger partial charge on any atom is -0.602 e. The number of ether oxygens (including phenoxy) is 1. The molecule has 0 bridgehead atoms. The first-order chi connectivity index (χ1) is 8.35. The van der Waals surface area contributed by atoms with Crippen molar-refractivity contribution in [1.29, 1.82) is 0 Å². The van der Waals surface area contributed by atoms with Crippen LogP contribution >= 0.6 is 0 Å². The Bertz CT molecular complexity index is 266. The molecule has 0 aliphatic heterocycles. The van der Waals surface area contributed by atoms with Gasteiger partial charge in [-0.3, -0.25) is 0 Å². The van der Waals surface area contributed by atoms with Gasteiger partial charge in [0.25, 0.3) is 0 Å². The van der Waals surface area contributed by atoms with Crippen LogP contribution in [0.1, 0.15) is 41.5 Å². The predicted octanol–water partition coefficient (Wildman–Crippen LogP) is 2.30. The summed E-state index contributed by atoms with van der Waals surface area (Å²) in [6.07, 6.45) is 1.35. The molecule has 0 atom stereocenters. The van der Waals surface area contributed by atoms with Gasteiger partial charge in [-0.2, -0.15) is 0 Å². The van der Waals surface area contributed by atoms with E-state index in [4.69, 9.17) is 16.1 Å². The van der Waals surface area contributed by atoms with Crippen LogP contribution in [-0.4, -0.2) is 39.9 Å². The Balaban J connectivity index is 4.41. The molecule has 0 aliphatic rings. The van der Waals surface area contributed by atoms with Crippen LogP contribution in [0.5, 0.6) is 0 Å². The van der Waals surface area contributed by atoms with Crippen molar-refractivity contribution in [3.63, 3.8) is 0 Å². The number of esters is 1. The van der Waals surface area contributed by atoms with E-state index in [0.717, 1.165) is 0 Å². The van der Waals surface area contributed by atoms with Gasteiger partial charge in [0.2, 0.25) is 0 Å². The lowest BCUT2D eigenvalue weighted by atomic mass is 10.5. The van der Waals surface area contributed by atoms with Crippen LogP contribution in [-0.2, 0) is 20.9 Å². The minimum atomic E-state index is -2.26. The maximum atomic E-state index is 11.2. The van der Waals surface area contributed by atoms with Crippen molar-refractivity contribution < 1.29 is 20.9 Å². The van der Waals surface area contributed by atoms with Gasteiger partial charge < -0.3 is 16.1 Å². The highest BCUT2D eigenvalue weighted by Gasteiger charge is 2.37. The fourth-order valence-electron chi connectivity index (χ4n) is 1.07.